The molecule has 0 atom stereocenters. The number of aryl methyl sites for hydroxylation is 2. The van der Waals surface area contributed by atoms with E-state index in [9.17, 15) is 13.2 Å². The summed E-state index contributed by atoms with van der Waals surface area (Å²) in [6, 6.07) is 0. The number of rotatable bonds is 1. The number of hydrogen-bond acceptors (Lipinski definition) is 2. The monoisotopic (exact) mass is 369 g/mol. The van der Waals surface area contributed by atoms with Crippen molar-refractivity contribution in [1.29, 1.82) is 0 Å². The van der Waals surface area contributed by atoms with Gasteiger partial charge in [0.05, 0.1) is 17.0 Å². The molecule has 3 nitrogen and oxygen atoms in total. The summed E-state index contributed by atoms with van der Waals surface area (Å²) in [7, 11) is 1.74. The maximum absolute atomic E-state index is 12.8. The van der Waals surface area contributed by atoms with Gasteiger partial charge in [-0.05, 0) is 29.5 Å². The molecule has 0 amide bonds. The smallest absolute Gasteiger partial charge is 0.341 e. The van der Waals surface area contributed by atoms with E-state index in [-0.39, 0.29) is 3.58 Å². The van der Waals surface area contributed by atoms with Crippen molar-refractivity contribution in [2.24, 2.45) is 7.05 Å². The fourth-order valence-electron chi connectivity index (χ4n) is 1.80. The molecule has 0 spiro atoms. The molecule has 0 unspecified atom stereocenters. The number of allylic oxidation sites excluding steroid dienone is 2. The number of halogens is 4. The van der Waals surface area contributed by atoms with Crippen molar-refractivity contribution in [1.82, 2.24) is 9.78 Å². The molecule has 0 saturated heterocycles. The van der Waals surface area contributed by atoms with Crippen molar-refractivity contribution in [3.63, 3.8) is 0 Å². The maximum atomic E-state index is 12.8. The van der Waals surface area contributed by atoms with Crippen LogP contribution in [0.2, 0.25) is 0 Å². The van der Waals surface area contributed by atoms with Crippen LogP contribution in [0.3, 0.4) is 0 Å². The molecule has 0 bridgehead atoms. The van der Waals surface area contributed by atoms with Crippen LogP contribution in [0.1, 0.15) is 5.69 Å². The van der Waals surface area contributed by atoms with Gasteiger partial charge in [-0.1, -0.05) is 6.08 Å². The van der Waals surface area contributed by atoms with Gasteiger partial charge in [0.2, 0.25) is 0 Å². The Kier molecular flexibility index (Phi) is 3.43. The second-order valence-corrected chi connectivity index (χ2v) is 5.18. The largest absolute Gasteiger partial charge is 0.418 e. The van der Waals surface area contributed by atoms with E-state index in [1.807, 2.05) is 0 Å². The molecule has 0 radical (unpaired) electrons. The van der Waals surface area contributed by atoms with Gasteiger partial charge in [-0.25, -0.2) is 0 Å². The van der Waals surface area contributed by atoms with E-state index < -0.39 is 11.7 Å². The predicted molar refractivity (Wildman–Crippen MR) is 71.5 cm³/mol. The zero-order valence-electron chi connectivity index (χ0n) is 9.79. The van der Waals surface area contributed by atoms with Crippen LogP contribution in [0.4, 0.5) is 18.9 Å². The van der Waals surface area contributed by atoms with E-state index >= 15 is 0 Å². The first-order valence-electron chi connectivity index (χ1n) is 5.21. The molecular weight excluding hydrogens is 358 g/mol. The predicted octanol–water partition coefficient (Wildman–Crippen LogP) is 3.31. The van der Waals surface area contributed by atoms with Gasteiger partial charge < -0.3 is 4.90 Å². The van der Waals surface area contributed by atoms with Gasteiger partial charge in [-0.15, -0.1) is 0 Å². The molecule has 0 fully saturated rings. The minimum Gasteiger partial charge on any atom is -0.341 e. The molecule has 0 N–H and O–H groups in total. The molecule has 18 heavy (non-hydrogen) atoms. The molecule has 7 heteroatoms. The van der Waals surface area contributed by atoms with Crippen molar-refractivity contribution in [3.8, 4) is 0 Å². The Bertz CT molecular complexity index is 528. The molecule has 2 rings (SSSR count). The highest BCUT2D eigenvalue weighted by Crippen LogP contribution is 2.37. The Morgan fingerprint density at radius 1 is 1.39 bits per heavy atom. The van der Waals surface area contributed by atoms with E-state index in [4.69, 9.17) is 0 Å². The van der Waals surface area contributed by atoms with Crippen LogP contribution in [0.25, 0.3) is 0 Å². The van der Waals surface area contributed by atoms with E-state index in [1.165, 1.54) is 0 Å². The Hall–Kier alpha value is -0.990. The first kappa shape index (κ1) is 13.4. The van der Waals surface area contributed by atoms with Gasteiger partial charge in [0.15, 0.2) is 0 Å². The van der Waals surface area contributed by atoms with Crippen molar-refractivity contribution >= 4 is 28.3 Å². The van der Waals surface area contributed by atoms with E-state index in [1.54, 1.807) is 58.4 Å². The van der Waals surface area contributed by atoms with Crippen molar-refractivity contribution < 1.29 is 13.2 Å². The molecule has 0 aliphatic carbocycles. The summed E-state index contributed by atoms with van der Waals surface area (Å²) in [5.41, 5.74) is 0.789. The number of nitrogens with zero attached hydrogens (tertiary/aromatic N) is 3. The number of aromatic nitrogens is 2. The third kappa shape index (κ3) is 2.55. The van der Waals surface area contributed by atoms with Gasteiger partial charge in [-0.3, -0.25) is 4.68 Å². The Labute approximate surface area is 116 Å². The van der Waals surface area contributed by atoms with Crippen LogP contribution >= 0.6 is 22.6 Å². The highest BCUT2D eigenvalue weighted by atomic mass is 127. The van der Waals surface area contributed by atoms with E-state index in [0.29, 0.717) is 17.9 Å². The van der Waals surface area contributed by atoms with Crippen LogP contribution < -0.4 is 4.90 Å². The topological polar surface area (TPSA) is 21.1 Å². The first-order valence-corrected chi connectivity index (χ1v) is 6.29. The standard InChI is InChI=1S/C11H11F3IN3/c1-7-10(6-17(2)16-7)18-4-3-9(15)8(5-18)11(12,13)14/h3,5-6H,4H2,1-2H3. The Morgan fingerprint density at radius 3 is 2.56 bits per heavy atom. The average Bonchev–Trinajstić information content (AvgIpc) is 2.57. The third-order valence-electron chi connectivity index (χ3n) is 2.61. The first-order chi connectivity index (χ1) is 8.29. The fraction of sp³-hybridized carbons (Fsp3) is 0.364. The lowest BCUT2D eigenvalue weighted by atomic mass is 10.2. The van der Waals surface area contributed by atoms with Crippen LogP contribution in [0.5, 0.6) is 0 Å². The van der Waals surface area contributed by atoms with Gasteiger partial charge >= 0.3 is 6.18 Å². The molecule has 1 aromatic heterocycles. The zero-order chi connectivity index (χ0) is 13.5. The van der Waals surface area contributed by atoms with Crippen LogP contribution in [-0.2, 0) is 7.05 Å². The van der Waals surface area contributed by atoms with E-state index in [0.717, 1.165) is 6.20 Å². The molecule has 0 aromatic carbocycles. The summed E-state index contributed by atoms with van der Waals surface area (Å²) in [5, 5.41) is 4.13. The second kappa shape index (κ2) is 4.60. The van der Waals surface area contributed by atoms with Gasteiger partial charge in [0.1, 0.15) is 0 Å². The Balaban J connectivity index is 2.39. The van der Waals surface area contributed by atoms with Crippen molar-refractivity contribution in [3.05, 3.63) is 33.3 Å². The highest BCUT2D eigenvalue weighted by molar-refractivity contribution is 14.1. The third-order valence-corrected chi connectivity index (χ3v) is 3.63. The summed E-state index contributed by atoms with van der Waals surface area (Å²) < 4.78 is 40.3. The SMILES string of the molecule is Cc1nn(C)cc1N1C=C(C(F)(F)F)C(I)=CC1. The summed E-state index contributed by atoms with van der Waals surface area (Å²) in [4.78, 5) is 1.56. The molecule has 1 aliphatic rings. The number of alkyl halides is 3. The lowest BCUT2D eigenvalue weighted by molar-refractivity contribution is -0.0887. The van der Waals surface area contributed by atoms with Crippen molar-refractivity contribution in [2.75, 3.05) is 11.4 Å². The zero-order valence-corrected chi connectivity index (χ0v) is 12.0. The number of anilines is 1. The fourth-order valence-corrected chi connectivity index (χ4v) is 2.45. The van der Waals surface area contributed by atoms with E-state index in [2.05, 4.69) is 5.10 Å². The molecule has 2 heterocycles. The average molecular weight is 369 g/mol. The summed E-state index contributed by atoms with van der Waals surface area (Å²) in [5.74, 6) is 0. The van der Waals surface area contributed by atoms with Crippen molar-refractivity contribution in [2.45, 2.75) is 13.1 Å². The quantitative estimate of drug-likeness (QED) is 0.709. The van der Waals surface area contributed by atoms with Crippen LogP contribution in [-0.4, -0.2) is 22.5 Å². The second-order valence-electron chi connectivity index (χ2n) is 4.02. The highest BCUT2D eigenvalue weighted by Gasteiger charge is 2.37. The molecule has 1 aromatic rings. The summed E-state index contributed by atoms with van der Waals surface area (Å²) in [6.07, 6.45) is 0.0925. The lowest BCUT2D eigenvalue weighted by Gasteiger charge is -2.25. The summed E-state index contributed by atoms with van der Waals surface area (Å²) in [6.45, 7) is 2.20. The molecular formula is C11H11F3IN3. The molecule has 0 saturated carbocycles. The molecule has 1 aliphatic heterocycles. The normalized spacial score (nSPS) is 16.7. The van der Waals surface area contributed by atoms with Gasteiger partial charge in [0.25, 0.3) is 0 Å². The van der Waals surface area contributed by atoms with Crippen LogP contribution in [0.15, 0.2) is 27.6 Å². The minimum absolute atomic E-state index is 0.234. The Morgan fingerprint density at radius 2 is 2.06 bits per heavy atom. The van der Waals surface area contributed by atoms with Gasteiger partial charge in [0, 0.05) is 29.6 Å². The van der Waals surface area contributed by atoms with Gasteiger partial charge in [-0.2, -0.15) is 18.3 Å². The minimum atomic E-state index is -4.33. The molecule has 98 valence electrons. The van der Waals surface area contributed by atoms with Crippen LogP contribution in [0, 0.1) is 6.92 Å². The summed E-state index contributed by atoms with van der Waals surface area (Å²) >= 11 is 1.71. The lowest BCUT2D eigenvalue weighted by Crippen LogP contribution is -2.25. The maximum Gasteiger partial charge on any atom is 0.418 e. The number of hydrogen-bond donors (Lipinski definition) is 0.